The van der Waals surface area contributed by atoms with E-state index in [1.165, 1.54) is 0 Å². The number of hydrogen-bond acceptors (Lipinski definition) is 3. The van der Waals surface area contributed by atoms with E-state index in [1.807, 2.05) is 24.3 Å². The molecule has 104 valence electrons. The molecule has 0 bridgehead atoms. The predicted octanol–water partition coefficient (Wildman–Crippen LogP) is 2.68. The molecule has 0 unspecified atom stereocenters. The summed E-state index contributed by atoms with van der Waals surface area (Å²) >= 11 is 5.98. The van der Waals surface area contributed by atoms with Gasteiger partial charge in [0.2, 0.25) is 0 Å². The lowest BCUT2D eigenvalue weighted by atomic mass is 10.1. The fourth-order valence-corrected chi connectivity index (χ4v) is 2.22. The third-order valence-corrected chi connectivity index (χ3v) is 3.28. The Morgan fingerprint density at radius 2 is 1.85 bits per heavy atom. The molecule has 2 rings (SSSR count). The summed E-state index contributed by atoms with van der Waals surface area (Å²) in [5, 5.41) is 3.54. The Morgan fingerprint density at radius 3 is 2.50 bits per heavy atom. The number of nitrogens with two attached hydrogens (primary N) is 2. The number of nitrogen functional groups attached to an aromatic ring is 1. The normalized spacial score (nSPS) is 10.2. The lowest BCUT2D eigenvalue weighted by Crippen LogP contribution is -2.16. The molecule has 0 fully saturated rings. The number of nitrogens with one attached hydrogen (secondary N) is 1. The third kappa shape index (κ3) is 3.42. The maximum Gasteiger partial charge on any atom is 0.252 e. The van der Waals surface area contributed by atoms with Crippen LogP contribution in [-0.2, 0) is 6.42 Å². The van der Waals surface area contributed by atoms with Crippen molar-refractivity contribution in [1.82, 2.24) is 0 Å². The quantitative estimate of drug-likeness (QED) is 0.740. The van der Waals surface area contributed by atoms with Crippen LogP contribution in [0.2, 0.25) is 5.02 Å². The molecule has 0 saturated heterocycles. The number of halogens is 1. The Hall–Kier alpha value is -2.20. The molecule has 2 aromatic rings. The van der Waals surface area contributed by atoms with Crippen LogP contribution in [0.1, 0.15) is 15.9 Å². The second kappa shape index (κ2) is 6.30. The van der Waals surface area contributed by atoms with Gasteiger partial charge in [-0.2, -0.15) is 0 Å². The molecule has 0 heterocycles. The van der Waals surface area contributed by atoms with Crippen molar-refractivity contribution in [3.8, 4) is 0 Å². The van der Waals surface area contributed by atoms with Crippen molar-refractivity contribution in [3.63, 3.8) is 0 Å². The van der Waals surface area contributed by atoms with Gasteiger partial charge in [0, 0.05) is 17.9 Å². The summed E-state index contributed by atoms with van der Waals surface area (Å²) in [5.74, 6) is -0.536. The van der Waals surface area contributed by atoms with E-state index in [0.29, 0.717) is 22.8 Å². The van der Waals surface area contributed by atoms with Gasteiger partial charge < -0.3 is 16.8 Å². The Kier molecular flexibility index (Phi) is 4.48. The molecule has 0 atom stereocenters. The second-order valence-electron chi connectivity index (χ2n) is 4.45. The Labute approximate surface area is 122 Å². The van der Waals surface area contributed by atoms with E-state index >= 15 is 0 Å². The number of amides is 1. The molecule has 20 heavy (non-hydrogen) atoms. The zero-order chi connectivity index (χ0) is 14.5. The molecule has 4 nitrogen and oxygen atoms in total. The van der Waals surface area contributed by atoms with Gasteiger partial charge in [-0.05, 0) is 36.2 Å². The van der Waals surface area contributed by atoms with E-state index < -0.39 is 5.91 Å². The molecule has 0 aliphatic rings. The molecule has 1 amide bonds. The zero-order valence-corrected chi connectivity index (χ0v) is 11.7. The lowest BCUT2D eigenvalue weighted by molar-refractivity contribution is 0.100. The number of carbonyl (C=O) groups excluding carboxylic acids is 1. The van der Waals surface area contributed by atoms with Crippen molar-refractivity contribution < 1.29 is 4.79 Å². The highest BCUT2D eigenvalue weighted by Crippen LogP contribution is 2.23. The molecule has 0 saturated carbocycles. The number of hydrogen-bond donors (Lipinski definition) is 3. The van der Waals surface area contributed by atoms with Gasteiger partial charge in [-0.1, -0.05) is 29.8 Å². The summed E-state index contributed by atoms with van der Waals surface area (Å²) in [6.45, 7) is 0.671. The minimum Gasteiger partial charge on any atom is -0.399 e. The summed E-state index contributed by atoms with van der Waals surface area (Å²) < 4.78 is 0. The van der Waals surface area contributed by atoms with Crippen molar-refractivity contribution in [2.45, 2.75) is 6.42 Å². The highest BCUT2D eigenvalue weighted by molar-refractivity contribution is 6.34. The Balaban J connectivity index is 2.02. The van der Waals surface area contributed by atoms with Gasteiger partial charge in [-0.25, -0.2) is 0 Å². The fourth-order valence-electron chi connectivity index (χ4n) is 1.95. The Bertz CT molecular complexity index is 611. The van der Waals surface area contributed by atoms with Gasteiger partial charge in [0.05, 0.1) is 10.6 Å². The maximum absolute atomic E-state index is 11.4. The number of benzene rings is 2. The van der Waals surface area contributed by atoms with E-state index in [1.54, 1.807) is 18.2 Å². The highest BCUT2D eigenvalue weighted by atomic mass is 35.5. The van der Waals surface area contributed by atoms with Crippen LogP contribution in [0.4, 0.5) is 11.4 Å². The van der Waals surface area contributed by atoms with Crippen molar-refractivity contribution in [2.24, 2.45) is 5.73 Å². The first kappa shape index (κ1) is 14.2. The number of rotatable bonds is 5. The molecule has 5 N–H and O–H groups in total. The van der Waals surface area contributed by atoms with E-state index in [4.69, 9.17) is 23.1 Å². The fraction of sp³-hybridized carbons (Fsp3) is 0.133. The monoisotopic (exact) mass is 289 g/mol. The van der Waals surface area contributed by atoms with Crippen LogP contribution < -0.4 is 16.8 Å². The van der Waals surface area contributed by atoms with Gasteiger partial charge in [-0.15, -0.1) is 0 Å². The first-order valence-electron chi connectivity index (χ1n) is 6.24. The highest BCUT2D eigenvalue weighted by Gasteiger charge is 2.11. The van der Waals surface area contributed by atoms with Crippen LogP contribution in [0, 0.1) is 0 Å². The minimum absolute atomic E-state index is 0.325. The molecule has 0 aliphatic heterocycles. The van der Waals surface area contributed by atoms with Crippen LogP contribution in [0.3, 0.4) is 0 Å². The third-order valence-electron chi connectivity index (χ3n) is 2.97. The summed E-state index contributed by atoms with van der Waals surface area (Å²) in [4.78, 5) is 11.4. The lowest BCUT2D eigenvalue weighted by Gasteiger charge is -2.11. The van der Waals surface area contributed by atoms with Crippen LogP contribution in [0.5, 0.6) is 0 Å². The van der Waals surface area contributed by atoms with Crippen molar-refractivity contribution in [1.29, 1.82) is 0 Å². The molecule has 0 radical (unpaired) electrons. The topological polar surface area (TPSA) is 81.1 Å². The molecule has 0 spiro atoms. The van der Waals surface area contributed by atoms with Gasteiger partial charge in [0.15, 0.2) is 0 Å². The zero-order valence-electron chi connectivity index (χ0n) is 10.9. The maximum atomic E-state index is 11.4. The summed E-state index contributed by atoms with van der Waals surface area (Å²) in [5.41, 5.74) is 13.9. The van der Waals surface area contributed by atoms with Crippen LogP contribution in [-0.4, -0.2) is 12.5 Å². The van der Waals surface area contributed by atoms with Crippen LogP contribution >= 0.6 is 11.6 Å². The number of anilines is 2. The number of carbonyl (C=O) groups is 1. The summed E-state index contributed by atoms with van der Waals surface area (Å²) in [6, 6.07) is 12.9. The summed E-state index contributed by atoms with van der Waals surface area (Å²) in [6.07, 6.45) is 0.811. The van der Waals surface area contributed by atoms with Crippen molar-refractivity contribution in [2.75, 3.05) is 17.6 Å². The van der Waals surface area contributed by atoms with Gasteiger partial charge in [0.1, 0.15) is 0 Å². The molecule has 2 aromatic carbocycles. The molecule has 0 aliphatic carbocycles. The standard InChI is InChI=1S/C15H16ClN3O/c16-12-2-1-3-13(14(12)15(18)20)19-9-8-10-4-6-11(17)7-5-10/h1-7,19H,8-9,17H2,(H2,18,20). The van der Waals surface area contributed by atoms with E-state index in [9.17, 15) is 4.79 Å². The van der Waals surface area contributed by atoms with Gasteiger partial charge in [0.25, 0.3) is 5.91 Å². The van der Waals surface area contributed by atoms with E-state index in [-0.39, 0.29) is 0 Å². The number of primary amides is 1. The van der Waals surface area contributed by atoms with Crippen LogP contribution in [0.15, 0.2) is 42.5 Å². The SMILES string of the molecule is NC(=O)c1c(Cl)cccc1NCCc1ccc(N)cc1. The van der Waals surface area contributed by atoms with Crippen molar-refractivity contribution in [3.05, 3.63) is 58.6 Å². The average molecular weight is 290 g/mol. The smallest absolute Gasteiger partial charge is 0.252 e. The molecular weight excluding hydrogens is 274 g/mol. The molecule has 5 heteroatoms. The van der Waals surface area contributed by atoms with Gasteiger partial charge in [-0.3, -0.25) is 4.79 Å². The average Bonchev–Trinajstić information content (AvgIpc) is 2.40. The minimum atomic E-state index is -0.536. The molecule has 0 aromatic heterocycles. The van der Waals surface area contributed by atoms with Crippen LogP contribution in [0.25, 0.3) is 0 Å². The first-order valence-corrected chi connectivity index (χ1v) is 6.62. The van der Waals surface area contributed by atoms with E-state index in [0.717, 1.165) is 17.7 Å². The molecular formula is C15H16ClN3O. The predicted molar refractivity (Wildman–Crippen MR) is 83.0 cm³/mol. The van der Waals surface area contributed by atoms with Crippen molar-refractivity contribution >= 4 is 28.9 Å². The van der Waals surface area contributed by atoms with Gasteiger partial charge >= 0.3 is 0 Å². The largest absolute Gasteiger partial charge is 0.399 e. The summed E-state index contributed by atoms with van der Waals surface area (Å²) in [7, 11) is 0. The Morgan fingerprint density at radius 1 is 1.15 bits per heavy atom. The van der Waals surface area contributed by atoms with E-state index in [2.05, 4.69) is 5.32 Å². The first-order chi connectivity index (χ1) is 9.58. The second-order valence-corrected chi connectivity index (χ2v) is 4.85.